The quantitative estimate of drug-likeness (QED) is 0.503. The van der Waals surface area contributed by atoms with E-state index in [9.17, 15) is 18.0 Å². The Balaban J connectivity index is 1.57. The third-order valence-electron chi connectivity index (χ3n) is 6.29. The third-order valence-corrected chi connectivity index (χ3v) is 7.59. The maximum absolute atomic E-state index is 12.9. The van der Waals surface area contributed by atoms with Crippen LogP contribution in [-0.4, -0.2) is 80.6 Å². The number of carbonyl (C=O) groups excluding carboxylic acids is 2. The van der Waals surface area contributed by atoms with Crippen LogP contribution in [0.15, 0.2) is 11.1 Å². The summed E-state index contributed by atoms with van der Waals surface area (Å²) in [6, 6.07) is 0. The molecule has 0 atom stereocenters. The molecule has 1 amide bonds. The highest BCUT2D eigenvalue weighted by Gasteiger charge is 2.51. The first-order chi connectivity index (χ1) is 13.7. The number of amides is 1. The van der Waals surface area contributed by atoms with Gasteiger partial charge in [0, 0.05) is 38.0 Å². The van der Waals surface area contributed by atoms with Crippen molar-refractivity contribution in [2.45, 2.75) is 57.5 Å². The molecule has 3 aliphatic heterocycles. The van der Waals surface area contributed by atoms with Gasteiger partial charge >= 0.3 is 5.97 Å². The molecule has 9 heteroatoms. The van der Waals surface area contributed by atoms with Gasteiger partial charge in [-0.25, -0.2) is 17.5 Å². The highest BCUT2D eigenvalue weighted by Crippen LogP contribution is 2.41. The Kier molecular flexibility index (Phi) is 7.01. The minimum absolute atomic E-state index is 0.241. The van der Waals surface area contributed by atoms with Gasteiger partial charge in [-0.15, -0.1) is 0 Å². The molecule has 3 aliphatic rings. The van der Waals surface area contributed by atoms with E-state index in [4.69, 9.17) is 4.74 Å². The molecule has 0 aliphatic carbocycles. The van der Waals surface area contributed by atoms with Gasteiger partial charge in [0.05, 0.1) is 11.8 Å². The predicted octanol–water partition coefficient (Wildman–Crippen LogP) is 1.04. The molecule has 0 radical (unpaired) electrons. The second-order valence-electron chi connectivity index (χ2n) is 8.41. The number of sulfonamides is 1. The summed E-state index contributed by atoms with van der Waals surface area (Å²) in [6.45, 7) is 5.86. The van der Waals surface area contributed by atoms with Crippen LogP contribution in [0.1, 0.15) is 51.9 Å². The molecule has 2 saturated heterocycles. The Morgan fingerprint density at radius 2 is 1.72 bits per heavy atom. The van der Waals surface area contributed by atoms with Gasteiger partial charge in [-0.3, -0.25) is 4.79 Å². The van der Waals surface area contributed by atoms with Crippen molar-refractivity contribution in [3.05, 3.63) is 11.1 Å². The minimum Gasteiger partial charge on any atom is -0.450 e. The van der Waals surface area contributed by atoms with Gasteiger partial charge in [0.2, 0.25) is 10.0 Å². The lowest BCUT2D eigenvalue weighted by atomic mass is 9.83. The van der Waals surface area contributed by atoms with E-state index in [1.54, 1.807) is 6.92 Å². The van der Waals surface area contributed by atoms with Crippen molar-refractivity contribution >= 4 is 21.9 Å². The lowest BCUT2D eigenvalue weighted by Gasteiger charge is -2.38. The lowest BCUT2D eigenvalue weighted by Crippen LogP contribution is -2.50. The molecule has 0 aromatic heterocycles. The highest BCUT2D eigenvalue weighted by atomic mass is 32.2. The maximum atomic E-state index is 12.9. The van der Waals surface area contributed by atoms with Gasteiger partial charge in [-0.2, -0.15) is 0 Å². The predicted molar refractivity (Wildman–Crippen MR) is 110 cm³/mol. The van der Waals surface area contributed by atoms with Crippen molar-refractivity contribution in [2.75, 3.05) is 45.5 Å². The van der Waals surface area contributed by atoms with E-state index in [0.717, 1.165) is 26.1 Å². The Labute approximate surface area is 173 Å². The van der Waals surface area contributed by atoms with Crippen LogP contribution >= 0.6 is 0 Å². The summed E-state index contributed by atoms with van der Waals surface area (Å²) in [5.41, 5.74) is -0.287. The zero-order valence-electron chi connectivity index (χ0n) is 17.5. The first-order valence-electron chi connectivity index (χ1n) is 10.6. The van der Waals surface area contributed by atoms with Crippen LogP contribution in [0.25, 0.3) is 0 Å². The maximum Gasteiger partial charge on any atom is 0.335 e. The van der Waals surface area contributed by atoms with E-state index < -0.39 is 21.6 Å². The lowest BCUT2D eigenvalue weighted by molar-refractivity contribution is -0.150. The van der Waals surface area contributed by atoms with Crippen molar-refractivity contribution in [3.63, 3.8) is 0 Å². The van der Waals surface area contributed by atoms with Crippen molar-refractivity contribution in [1.29, 1.82) is 0 Å². The molecular formula is C20H33N3O5S. The van der Waals surface area contributed by atoms with E-state index in [-0.39, 0.29) is 19.0 Å². The van der Waals surface area contributed by atoms with Gasteiger partial charge in [-0.05, 0) is 45.8 Å². The van der Waals surface area contributed by atoms with Crippen molar-refractivity contribution in [3.8, 4) is 0 Å². The summed E-state index contributed by atoms with van der Waals surface area (Å²) in [5, 5.41) is 2.96. The molecule has 0 saturated carbocycles. The van der Waals surface area contributed by atoms with E-state index in [0.29, 0.717) is 30.5 Å². The summed E-state index contributed by atoms with van der Waals surface area (Å²) in [6.07, 6.45) is 7.72. The van der Waals surface area contributed by atoms with Crippen LogP contribution in [0.3, 0.4) is 0 Å². The fourth-order valence-electron chi connectivity index (χ4n) is 4.61. The zero-order chi connectivity index (χ0) is 21.1. The topological polar surface area (TPSA) is 96.0 Å². The number of hydrogen-bond acceptors (Lipinski definition) is 6. The fourth-order valence-corrected chi connectivity index (χ4v) is 5.46. The van der Waals surface area contributed by atoms with E-state index in [1.165, 1.54) is 36.2 Å². The Morgan fingerprint density at radius 1 is 1.10 bits per heavy atom. The number of rotatable bonds is 6. The monoisotopic (exact) mass is 427 g/mol. The van der Waals surface area contributed by atoms with Gasteiger partial charge in [-0.1, -0.05) is 12.8 Å². The van der Waals surface area contributed by atoms with Gasteiger partial charge in [0.25, 0.3) is 5.91 Å². The molecule has 0 aromatic rings. The summed E-state index contributed by atoms with van der Waals surface area (Å²) >= 11 is 0. The van der Waals surface area contributed by atoms with Crippen LogP contribution in [0, 0.1) is 0 Å². The first kappa shape index (κ1) is 22.2. The molecule has 0 aromatic carbocycles. The molecule has 3 heterocycles. The molecule has 164 valence electrons. The number of hydrogen-bond donors (Lipinski definition) is 1. The van der Waals surface area contributed by atoms with Crippen LogP contribution < -0.4 is 5.32 Å². The fraction of sp³-hybridized carbons (Fsp3) is 0.800. The second kappa shape index (κ2) is 9.14. The molecule has 0 unspecified atom stereocenters. The van der Waals surface area contributed by atoms with Crippen LogP contribution in [0.5, 0.6) is 0 Å². The summed E-state index contributed by atoms with van der Waals surface area (Å²) in [5.74, 6) is -0.746. The highest BCUT2D eigenvalue weighted by molar-refractivity contribution is 7.88. The minimum atomic E-state index is -3.30. The van der Waals surface area contributed by atoms with E-state index in [2.05, 4.69) is 10.2 Å². The van der Waals surface area contributed by atoms with Crippen LogP contribution in [-0.2, 0) is 24.3 Å². The van der Waals surface area contributed by atoms with Crippen molar-refractivity contribution in [2.24, 2.45) is 0 Å². The average molecular weight is 428 g/mol. The number of nitrogens with zero attached hydrogens (tertiary/aromatic N) is 2. The molecule has 8 nitrogen and oxygen atoms in total. The summed E-state index contributed by atoms with van der Waals surface area (Å²) in [4.78, 5) is 27.6. The normalized spacial score (nSPS) is 23.9. The standard InChI is InChI=1S/C20H33N3O5S/c1-16-17(18(24)21-10-7-13-22-11-5-3-4-6-12-22)20(28-19(16)25)8-14-23(15-9-20)29(2,26)27/h3-15H2,1-2H3,(H,21,24). The first-order valence-corrected chi connectivity index (χ1v) is 12.5. The molecule has 3 rings (SSSR count). The smallest absolute Gasteiger partial charge is 0.335 e. The molecule has 1 N–H and O–H groups in total. The second-order valence-corrected chi connectivity index (χ2v) is 10.4. The number of piperidine rings is 1. The molecule has 1 spiro atoms. The number of nitrogens with one attached hydrogen (secondary N) is 1. The third kappa shape index (κ3) is 5.19. The zero-order valence-corrected chi connectivity index (χ0v) is 18.4. The number of ether oxygens (including phenoxy) is 1. The van der Waals surface area contributed by atoms with Crippen molar-refractivity contribution < 1.29 is 22.7 Å². The average Bonchev–Trinajstić information content (AvgIpc) is 2.84. The Morgan fingerprint density at radius 3 is 2.31 bits per heavy atom. The summed E-state index contributed by atoms with van der Waals surface area (Å²) < 4.78 is 30.5. The molecule has 2 fully saturated rings. The van der Waals surface area contributed by atoms with E-state index >= 15 is 0 Å². The molecular weight excluding hydrogens is 394 g/mol. The van der Waals surface area contributed by atoms with Crippen LogP contribution in [0.2, 0.25) is 0 Å². The van der Waals surface area contributed by atoms with E-state index in [1.807, 2.05) is 0 Å². The Hall–Kier alpha value is -1.45. The van der Waals surface area contributed by atoms with Gasteiger partial charge in [0.1, 0.15) is 5.60 Å². The molecule has 0 bridgehead atoms. The van der Waals surface area contributed by atoms with Crippen LogP contribution in [0.4, 0.5) is 0 Å². The number of likely N-dealkylation sites (tertiary alicyclic amines) is 1. The number of carbonyl (C=O) groups is 2. The summed E-state index contributed by atoms with van der Waals surface area (Å²) in [7, 11) is -3.30. The SMILES string of the molecule is CC1=C(C(=O)NCCCN2CCCCCC2)C2(CCN(S(C)(=O)=O)CC2)OC1=O. The number of esters is 1. The molecule has 29 heavy (non-hydrogen) atoms. The Bertz CT molecular complexity index is 761. The van der Waals surface area contributed by atoms with Gasteiger partial charge < -0.3 is 15.0 Å². The van der Waals surface area contributed by atoms with Gasteiger partial charge in [0.15, 0.2) is 0 Å². The van der Waals surface area contributed by atoms with Crippen molar-refractivity contribution in [1.82, 2.24) is 14.5 Å². The largest absolute Gasteiger partial charge is 0.450 e.